The normalized spacial score (nSPS) is 10.3. The molecule has 0 unspecified atom stereocenters. The minimum atomic E-state index is 0.471. The molecule has 0 radical (unpaired) electrons. The number of hydrogen-bond donors (Lipinski definition) is 0. The number of benzene rings is 1. The van der Waals surface area contributed by atoms with E-state index >= 15 is 0 Å². The molecule has 4 heteroatoms. The van der Waals surface area contributed by atoms with Gasteiger partial charge in [-0.2, -0.15) is 4.98 Å². The van der Waals surface area contributed by atoms with Crippen LogP contribution in [0.4, 0.5) is 0 Å². The Balaban J connectivity index is 2.21. The van der Waals surface area contributed by atoms with Crippen molar-refractivity contribution >= 4 is 22.9 Å². The fraction of sp³-hybridized carbons (Fsp3) is 0.182. The molecule has 78 valence electrons. The SMILES string of the molecule is Cc1ccc(Oc2nc(Cl)cs2)cc1C. The Morgan fingerprint density at radius 1 is 1.27 bits per heavy atom. The molecule has 0 fully saturated rings. The van der Waals surface area contributed by atoms with E-state index in [9.17, 15) is 0 Å². The number of rotatable bonds is 2. The van der Waals surface area contributed by atoms with Crippen LogP contribution in [0.1, 0.15) is 11.1 Å². The third-order valence-corrected chi connectivity index (χ3v) is 3.18. The van der Waals surface area contributed by atoms with Crippen molar-refractivity contribution < 1.29 is 4.74 Å². The summed E-state index contributed by atoms with van der Waals surface area (Å²) in [7, 11) is 0. The molecule has 0 atom stereocenters. The van der Waals surface area contributed by atoms with Crippen molar-refractivity contribution in [3.8, 4) is 10.9 Å². The third-order valence-electron chi connectivity index (χ3n) is 2.14. The molecular formula is C11H10ClNOS. The van der Waals surface area contributed by atoms with Crippen LogP contribution in [0.2, 0.25) is 5.15 Å². The highest BCUT2D eigenvalue weighted by Crippen LogP contribution is 2.27. The van der Waals surface area contributed by atoms with Crippen molar-refractivity contribution in [3.63, 3.8) is 0 Å². The van der Waals surface area contributed by atoms with Gasteiger partial charge >= 0.3 is 0 Å². The summed E-state index contributed by atoms with van der Waals surface area (Å²) >= 11 is 7.09. The second-order valence-corrected chi connectivity index (χ2v) is 4.49. The van der Waals surface area contributed by atoms with Crippen LogP contribution in [0.5, 0.6) is 10.9 Å². The summed E-state index contributed by atoms with van der Waals surface area (Å²) in [6, 6.07) is 5.95. The number of hydrogen-bond acceptors (Lipinski definition) is 3. The number of halogens is 1. The first kappa shape index (κ1) is 10.5. The molecule has 0 spiro atoms. The number of aryl methyl sites for hydroxylation is 2. The Labute approximate surface area is 97.5 Å². The first-order valence-electron chi connectivity index (χ1n) is 4.51. The van der Waals surface area contributed by atoms with E-state index in [0.29, 0.717) is 10.3 Å². The smallest absolute Gasteiger partial charge is 0.280 e. The summed E-state index contributed by atoms with van der Waals surface area (Å²) in [5.41, 5.74) is 2.45. The molecular weight excluding hydrogens is 230 g/mol. The molecule has 1 aromatic heterocycles. The number of thiazole rings is 1. The summed E-state index contributed by atoms with van der Waals surface area (Å²) in [6.45, 7) is 4.12. The van der Waals surface area contributed by atoms with E-state index in [-0.39, 0.29) is 0 Å². The molecule has 0 amide bonds. The second-order valence-electron chi connectivity index (χ2n) is 3.28. The lowest BCUT2D eigenvalue weighted by atomic mass is 10.1. The average molecular weight is 240 g/mol. The van der Waals surface area contributed by atoms with Crippen LogP contribution in [-0.4, -0.2) is 4.98 Å². The van der Waals surface area contributed by atoms with Gasteiger partial charge in [0.25, 0.3) is 5.19 Å². The number of nitrogens with zero attached hydrogens (tertiary/aromatic N) is 1. The van der Waals surface area contributed by atoms with E-state index in [2.05, 4.69) is 18.8 Å². The number of ether oxygens (including phenoxy) is 1. The Kier molecular flexibility index (Phi) is 2.93. The number of aromatic nitrogens is 1. The predicted molar refractivity (Wildman–Crippen MR) is 63.1 cm³/mol. The highest BCUT2D eigenvalue weighted by molar-refractivity contribution is 7.11. The lowest BCUT2D eigenvalue weighted by Crippen LogP contribution is -1.86. The monoisotopic (exact) mass is 239 g/mol. The van der Waals surface area contributed by atoms with Gasteiger partial charge < -0.3 is 4.74 Å². The van der Waals surface area contributed by atoms with E-state index in [0.717, 1.165) is 5.75 Å². The fourth-order valence-electron chi connectivity index (χ4n) is 1.16. The standard InChI is InChI=1S/C11H10ClNOS/c1-7-3-4-9(5-8(7)2)14-11-13-10(12)6-15-11/h3-6H,1-2H3. The maximum Gasteiger partial charge on any atom is 0.280 e. The van der Waals surface area contributed by atoms with Crippen LogP contribution < -0.4 is 4.74 Å². The molecule has 0 N–H and O–H groups in total. The van der Waals surface area contributed by atoms with Crippen LogP contribution in [0.15, 0.2) is 23.6 Å². The maximum atomic E-state index is 5.70. The second kappa shape index (κ2) is 4.21. The lowest BCUT2D eigenvalue weighted by molar-refractivity contribution is 0.478. The van der Waals surface area contributed by atoms with Crippen molar-refractivity contribution in [2.75, 3.05) is 0 Å². The van der Waals surface area contributed by atoms with E-state index < -0.39 is 0 Å². The maximum absolute atomic E-state index is 5.70. The predicted octanol–water partition coefficient (Wildman–Crippen LogP) is 4.21. The van der Waals surface area contributed by atoms with E-state index in [1.807, 2.05) is 18.2 Å². The van der Waals surface area contributed by atoms with Gasteiger partial charge in [-0.1, -0.05) is 29.0 Å². The highest BCUT2D eigenvalue weighted by Gasteiger charge is 2.03. The molecule has 1 heterocycles. The zero-order valence-corrected chi connectivity index (χ0v) is 10.0. The molecule has 0 saturated carbocycles. The average Bonchev–Trinajstić information content (AvgIpc) is 2.58. The lowest BCUT2D eigenvalue weighted by Gasteiger charge is -2.04. The summed E-state index contributed by atoms with van der Waals surface area (Å²) in [4.78, 5) is 4.02. The molecule has 0 saturated heterocycles. The van der Waals surface area contributed by atoms with Gasteiger partial charge in [-0.15, -0.1) is 0 Å². The molecule has 2 rings (SSSR count). The summed E-state index contributed by atoms with van der Waals surface area (Å²) in [5.74, 6) is 0.795. The van der Waals surface area contributed by atoms with Gasteiger partial charge in [-0.05, 0) is 37.1 Å². The molecule has 0 bridgehead atoms. The van der Waals surface area contributed by atoms with E-state index in [1.165, 1.54) is 22.5 Å². The Hall–Kier alpha value is -1.06. The van der Waals surface area contributed by atoms with Crippen molar-refractivity contribution in [3.05, 3.63) is 39.9 Å². The first-order chi connectivity index (χ1) is 7.15. The molecule has 2 nitrogen and oxygen atoms in total. The van der Waals surface area contributed by atoms with Crippen LogP contribution >= 0.6 is 22.9 Å². The quantitative estimate of drug-likeness (QED) is 0.783. The van der Waals surface area contributed by atoms with Crippen LogP contribution in [-0.2, 0) is 0 Å². The molecule has 0 aliphatic heterocycles. The third kappa shape index (κ3) is 2.49. The van der Waals surface area contributed by atoms with Gasteiger partial charge in [0.1, 0.15) is 10.9 Å². The first-order valence-corrected chi connectivity index (χ1v) is 5.77. The molecule has 0 aliphatic rings. The topological polar surface area (TPSA) is 22.1 Å². The van der Waals surface area contributed by atoms with Gasteiger partial charge in [0.05, 0.1) is 0 Å². The van der Waals surface area contributed by atoms with Gasteiger partial charge in [0.15, 0.2) is 0 Å². The molecule has 2 aromatic rings. The summed E-state index contributed by atoms with van der Waals surface area (Å²) in [6.07, 6.45) is 0. The minimum absolute atomic E-state index is 0.471. The molecule has 0 aliphatic carbocycles. The minimum Gasteiger partial charge on any atom is -0.431 e. The fourth-order valence-corrected chi connectivity index (χ4v) is 1.97. The van der Waals surface area contributed by atoms with Crippen molar-refractivity contribution in [2.45, 2.75) is 13.8 Å². The van der Waals surface area contributed by atoms with E-state index in [4.69, 9.17) is 16.3 Å². The Morgan fingerprint density at radius 3 is 2.67 bits per heavy atom. The van der Waals surface area contributed by atoms with Crippen molar-refractivity contribution in [1.29, 1.82) is 0 Å². The Morgan fingerprint density at radius 2 is 2.07 bits per heavy atom. The zero-order chi connectivity index (χ0) is 10.8. The van der Waals surface area contributed by atoms with Crippen molar-refractivity contribution in [1.82, 2.24) is 4.98 Å². The van der Waals surface area contributed by atoms with Gasteiger partial charge in [0.2, 0.25) is 0 Å². The van der Waals surface area contributed by atoms with Gasteiger partial charge in [-0.3, -0.25) is 0 Å². The zero-order valence-electron chi connectivity index (χ0n) is 8.45. The molecule has 15 heavy (non-hydrogen) atoms. The van der Waals surface area contributed by atoms with Crippen LogP contribution in [0.3, 0.4) is 0 Å². The highest BCUT2D eigenvalue weighted by atomic mass is 35.5. The van der Waals surface area contributed by atoms with Gasteiger partial charge in [-0.25, -0.2) is 0 Å². The van der Waals surface area contributed by atoms with Crippen molar-refractivity contribution in [2.24, 2.45) is 0 Å². The van der Waals surface area contributed by atoms with Crippen LogP contribution in [0, 0.1) is 13.8 Å². The van der Waals surface area contributed by atoms with Crippen LogP contribution in [0.25, 0.3) is 0 Å². The molecule has 1 aromatic carbocycles. The summed E-state index contributed by atoms with van der Waals surface area (Å²) < 4.78 is 5.56. The summed E-state index contributed by atoms with van der Waals surface area (Å²) in [5, 5.41) is 2.79. The largest absolute Gasteiger partial charge is 0.431 e. The van der Waals surface area contributed by atoms with E-state index in [1.54, 1.807) is 5.38 Å². The Bertz CT molecular complexity index is 481. The van der Waals surface area contributed by atoms with Gasteiger partial charge in [0, 0.05) is 5.38 Å².